The maximum absolute atomic E-state index is 6.04. The van der Waals surface area contributed by atoms with Crippen LogP contribution in [0.25, 0.3) is 0 Å². The van der Waals surface area contributed by atoms with Crippen molar-refractivity contribution in [2.24, 2.45) is 0 Å². The van der Waals surface area contributed by atoms with Crippen molar-refractivity contribution in [2.75, 3.05) is 29.7 Å². The lowest BCUT2D eigenvalue weighted by Crippen LogP contribution is -2.29. The molecule has 0 spiro atoms. The average Bonchev–Trinajstić information content (AvgIpc) is 2.25. The van der Waals surface area contributed by atoms with E-state index >= 15 is 0 Å². The topological polar surface area (TPSA) is 29.3 Å². The summed E-state index contributed by atoms with van der Waals surface area (Å²) < 4.78 is 1.18. The number of benzene rings is 1. The van der Waals surface area contributed by atoms with Crippen LogP contribution in [0.1, 0.15) is 13.3 Å². The van der Waals surface area contributed by atoms with Crippen LogP contribution < -0.4 is 10.6 Å². The maximum Gasteiger partial charge on any atom is 0.0600 e. The number of nitrogens with zero attached hydrogens (tertiary/aromatic N) is 1. The Kier molecular flexibility index (Phi) is 5.75. The van der Waals surface area contributed by atoms with Crippen LogP contribution >= 0.6 is 34.4 Å². The fraction of sp³-hybridized carbons (Fsp3) is 0.500. The molecule has 0 aliphatic rings. The molecule has 1 aromatic rings. The zero-order valence-electron chi connectivity index (χ0n) is 10.0. The van der Waals surface area contributed by atoms with Crippen molar-refractivity contribution < 1.29 is 0 Å². The van der Waals surface area contributed by atoms with Gasteiger partial charge in [0.1, 0.15) is 0 Å². The molecule has 2 nitrogen and oxygen atoms in total. The predicted molar refractivity (Wildman–Crippen MR) is 84.4 cm³/mol. The second kappa shape index (κ2) is 6.59. The third-order valence-electron chi connectivity index (χ3n) is 2.77. The molecule has 4 heteroatoms. The van der Waals surface area contributed by atoms with E-state index in [4.69, 9.17) is 5.73 Å². The summed E-state index contributed by atoms with van der Waals surface area (Å²) in [6, 6.07) is 6.75. The molecule has 1 atom stereocenters. The largest absolute Gasteiger partial charge is 0.397 e. The molecular formula is C12H19IN2S. The first-order valence-corrected chi connectivity index (χ1v) is 7.80. The van der Waals surface area contributed by atoms with Gasteiger partial charge in [-0.15, -0.1) is 0 Å². The Morgan fingerprint density at radius 3 is 2.75 bits per heavy atom. The highest BCUT2D eigenvalue weighted by Gasteiger charge is 2.12. The van der Waals surface area contributed by atoms with Gasteiger partial charge in [-0.2, -0.15) is 11.8 Å². The molecule has 0 fully saturated rings. The Bertz CT molecular complexity index is 344. The summed E-state index contributed by atoms with van der Waals surface area (Å²) >= 11 is 4.17. The minimum Gasteiger partial charge on any atom is -0.397 e. The van der Waals surface area contributed by atoms with E-state index in [0.29, 0.717) is 6.04 Å². The van der Waals surface area contributed by atoms with Crippen molar-refractivity contribution in [1.82, 2.24) is 0 Å². The monoisotopic (exact) mass is 350 g/mol. The van der Waals surface area contributed by atoms with Gasteiger partial charge in [0.25, 0.3) is 0 Å². The Labute approximate surface area is 116 Å². The van der Waals surface area contributed by atoms with E-state index in [2.05, 4.69) is 59.9 Å². The highest BCUT2D eigenvalue weighted by Crippen LogP contribution is 2.26. The first kappa shape index (κ1) is 14.0. The third-order valence-corrected chi connectivity index (χ3v) is 4.09. The molecule has 2 N–H and O–H groups in total. The van der Waals surface area contributed by atoms with Gasteiger partial charge in [0.05, 0.1) is 11.4 Å². The van der Waals surface area contributed by atoms with Gasteiger partial charge in [-0.05, 0) is 66.1 Å². The van der Waals surface area contributed by atoms with Gasteiger partial charge in [0.2, 0.25) is 0 Å². The predicted octanol–water partition coefficient (Wildman–Crippen LogP) is 3.45. The summed E-state index contributed by atoms with van der Waals surface area (Å²) in [4.78, 5) is 2.27. The molecular weight excluding hydrogens is 331 g/mol. The smallest absolute Gasteiger partial charge is 0.0600 e. The molecule has 1 rings (SSSR count). The van der Waals surface area contributed by atoms with Gasteiger partial charge in [0, 0.05) is 16.7 Å². The van der Waals surface area contributed by atoms with Crippen LogP contribution in [0.2, 0.25) is 0 Å². The maximum atomic E-state index is 6.04. The van der Waals surface area contributed by atoms with Crippen molar-refractivity contribution in [1.29, 1.82) is 0 Å². The Balaban J connectivity index is 2.75. The van der Waals surface area contributed by atoms with Crippen LogP contribution in [0.4, 0.5) is 11.4 Å². The van der Waals surface area contributed by atoms with Gasteiger partial charge in [-0.1, -0.05) is 0 Å². The molecule has 0 aromatic heterocycles. The molecule has 1 aromatic carbocycles. The van der Waals surface area contributed by atoms with Gasteiger partial charge in [-0.25, -0.2) is 0 Å². The summed E-state index contributed by atoms with van der Waals surface area (Å²) in [7, 11) is 2.11. The molecule has 90 valence electrons. The number of halogens is 1. The van der Waals surface area contributed by atoms with Gasteiger partial charge in [-0.3, -0.25) is 0 Å². The molecule has 0 aliphatic heterocycles. The van der Waals surface area contributed by atoms with Crippen LogP contribution in [0, 0.1) is 3.57 Å². The van der Waals surface area contributed by atoms with Crippen molar-refractivity contribution >= 4 is 45.7 Å². The number of nitrogens with two attached hydrogens (primary N) is 1. The van der Waals surface area contributed by atoms with Crippen LogP contribution in [-0.4, -0.2) is 25.1 Å². The lowest BCUT2D eigenvalue weighted by atomic mass is 10.2. The van der Waals surface area contributed by atoms with Gasteiger partial charge < -0.3 is 10.6 Å². The van der Waals surface area contributed by atoms with E-state index < -0.39 is 0 Å². The van der Waals surface area contributed by atoms with Crippen molar-refractivity contribution in [2.45, 2.75) is 19.4 Å². The highest BCUT2D eigenvalue weighted by molar-refractivity contribution is 14.1. The van der Waals surface area contributed by atoms with Crippen LogP contribution in [0.5, 0.6) is 0 Å². The lowest BCUT2D eigenvalue weighted by molar-refractivity contribution is 0.670. The summed E-state index contributed by atoms with van der Waals surface area (Å²) in [6.07, 6.45) is 3.33. The normalized spacial score (nSPS) is 12.5. The first-order chi connectivity index (χ1) is 7.56. The molecule has 0 saturated heterocycles. The minimum absolute atomic E-state index is 0.523. The summed E-state index contributed by atoms with van der Waals surface area (Å²) in [5.74, 6) is 1.19. The van der Waals surface area contributed by atoms with E-state index in [1.165, 1.54) is 15.7 Å². The Hall–Kier alpha value is -0.100. The lowest BCUT2D eigenvalue weighted by Gasteiger charge is -2.28. The second-order valence-corrected chi connectivity index (χ2v) is 6.18. The zero-order chi connectivity index (χ0) is 12.1. The third kappa shape index (κ3) is 3.73. The van der Waals surface area contributed by atoms with Crippen molar-refractivity contribution in [3.05, 3.63) is 21.8 Å². The zero-order valence-corrected chi connectivity index (χ0v) is 13.0. The molecule has 0 radical (unpaired) electrons. The molecule has 16 heavy (non-hydrogen) atoms. The van der Waals surface area contributed by atoms with E-state index in [1.54, 1.807) is 0 Å². The quantitative estimate of drug-likeness (QED) is 0.652. The summed E-state index contributed by atoms with van der Waals surface area (Å²) in [5.41, 5.74) is 8.04. The first-order valence-electron chi connectivity index (χ1n) is 5.33. The van der Waals surface area contributed by atoms with Crippen molar-refractivity contribution in [3.63, 3.8) is 0 Å². The number of hydrogen-bond donors (Lipinski definition) is 1. The number of rotatable bonds is 5. The van der Waals surface area contributed by atoms with Crippen LogP contribution in [-0.2, 0) is 0 Å². The summed E-state index contributed by atoms with van der Waals surface area (Å²) in [5, 5.41) is 0. The van der Waals surface area contributed by atoms with Crippen LogP contribution in [0.15, 0.2) is 18.2 Å². The minimum atomic E-state index is 0.523. The van der Waals surface area contributed by atoms with E-state index in [1.807, 2.05) is 17.8 Å². The standard InChI is InChI=1S/C12H19IN2S/c1-9(6-7-16-3)15(2)12-5-4-10(13)8-11(12)14/h4-5,8-9H,6-7,14H2,1-3H3. The van der Waals surface area contributed by atoms with Crippen LogP contribution in [0.3, 0.4) is 0 Å². The molecule has 1 unspecified atom stereocenters. The Morgan fingerprint density at radius 1 is 1.50 bits per heavy atom. The number of nitrogen functional groups attached to an aromatic ring is 1. The molecule has 0 amide bonds. The fourth-order valence-corrected chi connectivity index (χ4v) is 2.66. The Morgan fingerprint density at radius 2 is 2.19 bits per heavy atom. The summed E-state index contributed by atoms with van der Waals surface area (Å²) in [6.45, 7) is 2.24. The molecule has 0 heterocycles. The van der Waals surface area contributed by atoms with Crippen molar-refractivity contribution in [3.8, 4) is 0 Å². The highest BCUT2D eigenvalue weighted by atomic mass is 127. The number of anilines is 2. The number of thioether (sulfide) groups is 1. The van der Waals surface area contributed by atoms with Gasteiger partial charge in [0.15, 0.2) is 0 Å². The molecule has 0 aliphatic carbocycles. The van der Waals surface area contributed by atoms with Gasteiger partial charge >= 0.3 is 0 Å². The fourth-order valence-electron chi connectivity index (χ4n) is 1.57. The SMILES string of the molecule is CSCCC(C)N(C)c1ccc(I)cc1N. The average molecular weight is 350 g/mol. The van der Waals surface area contributed by atoms with E-state index in [9.17, 15) is 0 Å². The van der Waals surface area contributed by atoms with E-state index in [-0.39, 0.29) is 0 Å². The number of hydrogen-bond acceptors (Lipinski definition) is 3. The molecule has 0 bridgehead atoms. The molecule has 0 saturated carbocycles. The van der Waals surface area contributed by atoms with E-state index in [0.717, 1.165) is 11.4 Å². The second-order valence-electron chi connectivity index (χ2n) is 3.94.